The SMILES string of the molecule is Cc1ccccc1C(=O)N1CCCc2cccc(N)c21. The van der Waals surface area contributed by atoms with E-state index in [0.29, 0.717) is 5.69 Å². The van der Waals surface area contributed by atoms with Gasteiger partial charge in [-0.25, -0.2) is 0 Å². The molecule has 102 valence electrons. The smallest absolute Gasteiger partial charge is 0.258 e. The highest BCUT2D eigenvalue weighted by Gasteiger charge is 2.25. The van der Waals surface area contributed by atoms with Gasteiger partial charge in [0.2, 0.25) is 0 Å². The fourth-order valence-electron chi connectivity index (χ4n) is 2.84. The van der Waals surface area contributed by atoms with Crippen molar-refractivity contribution < 1.29 is 4.79 Å². The van der Waals surface area contributed by atoms with E-state index >= 15 is 0 Å². The van der Waals surface area contributed by atoms with Crippen molar-refractivity contribution in [1.29, 1.82) is 0 Å². The zero-order valence-corrected chi connectivity index (χ0v) is 11.6. The van der Waals surface area contributed by atoms with Gasteiger partial charge >= 0.3 is 0 Å². The molecule has 2 aromatic rings. The summed E-state index contributed by atoms with van der Waals surface area (Å²) in [6.07, 6.45) is 1.96. The number of rotatable bonds is 1. The molecule has 0 spiro atoms. The van der Waals surface area contributed by atoms with E-state index < -0.39 is 0 Å². The minimum Gasteiger partial charge on any atom is -0.397 e. The Morgan fingerprint density at radius 2 is 1.95 bits per heavy atom. The van der Waals surface area contributed by atoms with Crippen LogP contribution >= 0.6 is 0 Å². The maximum Gasteiger partial charge on any atom is 0.258 e. The zero-order chi connectivity index (χ0) is 14.1. The molecule has 0 saturated carbocycles. The molecule has 0 aromatic heterocycles. The summed E-state index contributed by atoms with van der Waals surface area (Å²) in [5, 5.41) is 0. The molecule has 1 aliphatic heterocycles. The average molecular weight is 266 g/mol. The molecule has 3 heteroatoms. The summed E-state index contributed by atoms with van der Waals surface area (Å²) in [6, 6.07) is 13.6. The molecular weight excluding hydrogens is 248 g/mol. The summed E-state index contributed by atoms with van der Waals surface area (Å²) in [5.74, 6) is 0.0435. The summed E-state index contributed by atoms with van der Waals surface area (Å²) in [6.45, 7) is 2.70. The van der Waals surface area contributed by atoms with Crippen molar-refractivity contribution >= 4 is 17.3 Å². The Hall–Kier alpha value is -2.29. The number of hydrogen-bond acceptors (Lipinski definition) is 2. The van der Waals surface area contributed by atoms with Crippen LogP contribution in [0.4, 0.5) is 11.4 Å². The number of benzene rings is 2. The van der Waals surface area contributed by atoms with Crippen LogP contribution in [0.25, 0.3) is 0 Å². The Balaban J connectivity index is 2.05. The van der Waals surface area contributed by atoms with Gasteiger partial charge in [-0.15, -0.1) is 0 Å². The summed E-state index contributed by atoms with van der Waals surface area (Å²) in [7, 11) is 0. The van der Waals surface area contributed by atoms with E-state index in [9.17, 15) is 4.79 Å². The third-order valence-corrected chi connectivity index (χ3v) is 3.87. The van der Waals surface area contributed by atoms with Gasteiger partial charge in [0, 0.05) is 12.1 Å². The van der Waals surface area contributed by atoms with Crippen LogP contribution in [-0.4, -0.2) is 12.5 Å². The first kappa shape index (κ1) is 12.7. The van der Waals surface area contributed by atoms with E-state index in [2.05, 4.69) is 6.07 Å². The summed E-state index contributed by atoms with van der Waals surface area (Å²) >= 11 is 0. The minimum absolute atomic E-state index is 0.0435. The number of nitrogens with two attached hydrogens (primary N) is 1. The highest BCUT2D eigenvalue weighted by molar-refractivity contribution is 6.09. The molecule has 0 bridgehead atoms. The summed E-state index contributed by atoms with van der Waals surface area (Å²) in [4.78, 5) is 14.6. The van der Waals surface area contributed by atoms with Crippen molar-refractivity contribution in [2.24, 2.45) is 0 Å². The van der Waals surface area contributed by atoms with Crippen molar-refractivity contribution in [3.8, 4) is 0 Å². The number of fused-ring (bicyclic) bond motifs is 1. The molecule has 0 unspecified atom stereocenters. The molecule has 1 aliphatic rings. The van der Waals surface area contributed by atoms with Gasteiger partial charge in [-0.3, -0.25) is 4.79 Å². The Labute approximate surface area is 119 Å². The lowest BCUT2D eigenvalue weighted by atomic mass is 9.98. The van der Waals surface area contributed by atoms with Crippen LogP contribution in [0.2, 0.25) is 0 Å². The van der Waals surface area contributed by atoms with Gasteiger partial charge in [-0.05, 0) is 43.0 Å². The predicted octanol–water partition coefficient (Wildman–Crippen LogP) is 3.17. The fourth-order valence-corrected chi connectivity index (χ4v) is 2.84. The molecule has 3 nitrogen and oxygen atoms in total. The van der Waals surface area contributed by atoms with Gasteiger partial charge < -0.3 is 10.6 Å². The lowest BCUT2D eigenvalue weighted by molar-refractivity contribution is 0.0984. The average Bonchev–Trinajstić information content (AvgIpc) is 2.47. The largest absolute Gasteiger partial charge is 0.397 e. The molecule has 20 heavy (non-hydrogen) atoms. The van der Waals surface area contributed by atoms with Crippen LogP contribution < -0.4 is 10.6 Å². The number of hydrogen-bond donors (Lipinski definition) is 1. The maximum absolute atomic E-state index is 12.8. The van der Waals surface area contributed by atoms with Gasteiger partial charge in [-0.2, -0.15) is 0 Å². The second-order valence-electron chi connectivity index (χ2n) is 5.23. The lowest BCUT2D eigenvalue weighted by Gasteiger charge is -2.31. The Morgan fingerprint density at radius 1 is 1.15 bits per heavy atom. The number of amides is 1. The molecule has 0 atom stereocenters. The first-order chi connectivity index (χ1) is 9.68. The van der Waals surface area contributed by atoms with Gasteiger partial charge in [-0.1, -0.05) is 30.3 Å². The fraction of sp³-hybridized carbons (Fsp3) is 0.235. The van der Waals surface area contributed by atoms with Crippen LogP contribution in [0, 0.1) is 6.92 Å². The van der Waals surface area contributed by atoms with E-state index in [1.165, 1.54) is 0 Å². The predicted molar refractivity (Wildman–Crippen MR) is 82.0 cm³/mol. The normalized spacial score (nSPS) is 13.9. The number of aryl methyl sites for hydroxylation is 2. The number of carbonyl (C=O) groups excluding carboxylic acids is 1. The van der Waals surface area contributed by atoms with E-state index in [4.69, 9.17) is 5.73 Å². The molecule has 1 heterocycles. The summed E-state index contributed by atoms with van der Waals surface area (Å²) in [5.41, 5.74) is 10.6. The van der Waals surface area contributed by atoms with Gasteiger partial charge in [0.05, 0.1) is 11.4 Å². The van der Waals surface area contributed by atoms with Crippen LogP contribution in [0.5, 0.6) is 0 Å². The monoisotopic (exact) mass is 266 g/mol. The van der Waals surface area contributed by atoms with Crippen LogP contribution in [0.3, 0.4) is 0 Å². The van der Waals surface area contributed by atoms with E-state index in [-0.39, 0.29) is 5.91 Å². The lowest BCUT2D eigenvalue weighted by Crippen LogP contribution is -2.36. The van der Waals surface area contributed by atoms with Gasteiger partial charge in [0.1, 0.15) is 0 Å². The molecule has 0 aliphatic carbocycles. The molecule has 0 fully saturated rings. The number of anilines is 2. The third-order valence-electron chi connectivity index (χ3n) is 3.87. The Morgan fingerprint density at radius 3 is 2.75 bits per heavy atom. The first-order valence-electron chi connectivity index (χ1n) is 6.93. The van der Waals surface area contributed by atoms with Crippen molar-refractivity contribution in [2.45, 2.75) is 19.8 Å². The van der Waals surface area contributed by atoms with Crippen molar-refractivity contribution in [1.82, 2.24) is 0 Å². The Bertz CT molecular complexity index is 664. The van der Waals surface area contributed by atoms with Crippen LogP contribution in [0.1, 0.15) is 27.9 Å². The van der Waals surface area contributed by atoms with Crippen LogP contribution in [-0.2, 0) is 6.42 Å². The third kappa shape index (κ3) is 2.05. The van der Waals surface area contributed by atoms with E-state index in [1.54, 1.807) is 0 Å². The highest BCUT2D eigenvalue weighted by atomic mass is 16.2. The van der Waals surface area contributed by atoms with Gasteiger partial charge in [0.15, 0.2) is 0 Å². The van der Waals surface area contributed by atoms with Crippen molar-refractivity contribution in [3.05, 3.63) is 59.2 Å². The molecule has 0 radical (unpaired) electrons. The van der Waals surface area contributed by atoms with Crippen molar-refractivity contribution in [3.63, 3.8) is 0 Å². The molecular formula is C17H18N2O. The number of para-hydroxylation sites is 1. The quantitative estimate of drug-likeness (QED) is 0.806. The first-order valence-corrected chi connectivity index (χ1v) is 6.93. The highest BCUT2D eigenvalue weighted by Crippen LogP contribution is 2.33. The Kier molecular flexibility index (Phi) is 3.18. The number of carbonyl (C=O) groups is 1. The minimum atomic E-state index is 0.0435. The van der Waals surface area contributed by atoms with Crippen molar-refractivity contribution in [2.75, 3.05) is 17.2 Å². The maximum atomic E-state index is 12.8. The number of nitrogens with zero attached hydrogens (tertiary/aromatic N) is 1. The second-order valence-corrected chi connectivity index (χ2v) is 5.23. The summed E-state index contributed by atoms with van der Waals surface area (Å²) < 4.78 is 0. The standard InChI is InChI=1S/C17H18N2O/c1-12-6-2-3-9-14(12)17(20)19-11-5-8-13-7-4-10-15(18)16(13)19/h2-4,6-7,9-10H,5,8,11,18H2,1H3. The molecule has 1 amide bonds. The topological polar surface area (TPSA) is 46.3 Å². The van der Waals surface area contributed by atoms with Crippen LogP contribution in [0.15, 0.2) is 42.5 Å². The molecule has 2 N–H and O–H groups in total. The molecule has 3 rings (SSSR count). The molecule has 0 saturated heterocycles. The number of nitrogen functional groups attached to an aromatic ring is 1. The zero-order valence-electron chi connectivity index (χ0n) is 11.6. The van der Waals surface area contributed by atoms with Gasteiger partial charge in [0.25, 0.3) is 5.91 Å². The molecule has 2 aromatic carbocycles. The second kappa shape index (κ2) is 5.00. The van der Waals surface area contributed by atoms with E-state index in [0.717, 1.165) is 41.8 Å². The van der Waals surface area contributed by atoms with E-state index in [1.807, 2.05) is 48.2 Å².